The van der Waals surface area contributed by atoms with Gasteiger partial charge >= 0.3 is 0 Å². The summed E-state index contributed by atoms with van der Waals surface area (Å²) < 4.78 is 5.15. The van der Waals surface area contributed by atoms with E-state index in [9.17, 15) is 4.79 Å². The number of methoxy groups -OCH3 is 1. The van der Waals surface area contributed by atoms with E-state index in [0.29, 0.717) is 22.2 Å². The molecule has 1 aromatic heterocycles. The van der Waals surface area contributed by atoms with E-state index in [1.54, 1.807) is 7.11 Å². The first-order valence-corrected chi connectivity index (χ1v) is 8.81. The Morgan fingerprint density at radius 1 is 1.18 bits per heavy atom. The Kier molecular flexibility index (Phi) is 3.57. The van der Waals surface area contributed by atoms with Crippen molar-refractivity contribution in [3.05, 3.63) is 35.9 Å². The maximum atomic E-state index is 12.8. The van der Waals surface area contributed by atoms with Gasteiger partial charge in [0.15, 0.2) is 5.78 Å². The van der Waals surface area contributed by atoms with E-state index >= 15 is 0 Å². The number of nitrogens with zero attached hydrogens (tertiary/aromatic N) is 1. The van der Waals surface area contributed by atoms with Crippen LogP contribution in [0.15, 0.2) is 30.3 Å². The minimum atomic E-state index is 0.211. The second-order valence-corrected chi connectivity index (χ2v) is 7.86. The fourth-order valence-corrected chi connectivity index (χ4v) is 5.46. The van der Waals surface area contributed by atoms with Gasteiger partial charge in [-0.15, -0.1) is 0 Å². The molecule has 3 heterocycles. The highest BCUT2D eigenvalue weighted by Gasteiger charge is 2.37. The number of pyridine rings is 1. The predicted octanol–water partition coefficient (Wildman–Crippen LogP) is 4.10. The van der Waals surface area contributed by atoms with Crippen molar-refractivity contribution < 1.29 is 9.53 Å². The minimum Gasteiger partial charge on any atom is -0.481 e. The molecule has 0 aliphatic carbocycles. The molecule has 0 spiro atoms. The van der Waals surface area contributed by atoms with Crippen molar-refractivity contribution >= 4 is 28.4 Å². The molecule has 2 bridgehead atoms. The van der Waals surface area contributed by atoms with Crippen molar-refractivity contribution in [3.63, 3.8) is 0 Å². The smallest absolute Gasteiger partial charge is 0.213 e. The highest BCUT2D eigenvalue weighted by atomic mass is 32.2. The van der Waals surface area contributed by atoms with Crippen LogP contribution in [0, 0.1) is 5.92 Å². The Morgan fingerprint density at radius 2 is 1.95 bits per heavy atom. The summed E-state index contributed by atoms with van der Waals surface area (Å²) in [6.07, 6.45) is 4.69. The molecule has 22 heavy (non-hydrogen) atoms. The molecule has 2 saturated heterocycles. The van der Waals surface area contributed by atoms with Gasteiger partial charge in [-0.25, -0.2) is 4.98 Å². The van der Waals surface area contributed by atoms with Gasteiger partial charge in [0, 0.05) is 33.4 Å². The van der Waals surface area contributed by atoms with Gasteiger partial charge in [-0.2, -0.15) is 11.8 Å². The Hall–Kier alpha value is -1.55. The van der Waals surface area contributed by atoms with Crippen LogP contribution in [0.2, 0.25) is 0 Å². The quantitative estimate of drug-likeness (QED) is 0.800. The van der Waals surface area contributed by atoms with Crippen LogP contribution in [0.3, 0.4) is 0 Å². The summed E-state index contributed by atoms with van der Waals surface area (Å²) in [5.74, 6) is 1.13. The largest absolute Gasteiger partial charge is 0.481 e. The second-order valence-electron chi connectivity index (χ2n) is 6.25. The monoisotopic (exact) mass is 313 g/mol. The first-order chi connectivity index (χ1) is 10.7. The first-order valence-electron chi connectivity index (χ1n) is 7.87. The Morgan fingerprint density at radius 3 is 2.68 bits per heavy atom. The minimum absolute atomic E-state index is 0.211. The normalized spacial score (nSPS) is 27.0. The molecule has 4 heteroatoms. The van der Waals surface area contributed by atoms with Crippen LogP contribution < -0.4 is 4.74 Å². The molecule has 1 aromatic carbocycles. The number of thioether (sulfide) groups is 1. The molecule has 114 valence electrons. The van der Waals surface area contributed by atoms with Crippen LogP contribution in [0.25, 0.3) is 10.9 Å². The standard InChI is InChI=1S/C18H19NO2S/c1-21-17-7-3-11-8-12(2-6-16(11)19-17)18(20)13-9-14-4-5-15(10-13)22-14/h2-3,6-8,13-15H,4-5,9-10H2,1H3. The Balaban J connectivity index is 1.61. The van der Waals surface area contributed by atoms with Gasteiger partial charge in [0.1, 0.15) is 0 Å². The van der Waals surface area contributed by atoms with E-state index in [0.717, 1.165) is 29.3 Å². The number of benzene rings is 1. The number of aromatic nitrogens is 1. The molecule has 2 aliphatic heterocycles. The molecule has 0 saturated carbocycles. The van der Waals surface area contributed by atoms with Gasteiger partial charge in [-0.05, 0) is 49.9 Å². The lowest BCUT2D eigenvalue weighted by atomic mass is 9.90. The summed E-state index contributed by atoms with van der Waals surface area (Å²) in [4.78, 5) is 17.2. The number of rotatable bonds is 3. The van der Waals surface area contributed by atoms with Gasteiger partial charge in [-0.1, -0.05) is 0 Å². The molecular weight excluding hydrogens is 294 g/mol. The topological polar surface area (TPSA) is 39.2 Å². The molecule has 0 radical (unpaired) electrons. The molecule has 2 fully saturated rings. The van der Waals surface area contributed by atoms with Crippen molar-refractivity contribution in [1.29, 1.82) is 0 Å². The summed E-state index contributed by atoms with van der Waals surface area (Å²) in [5, 5.41) is 2.41. The summed E-state index contributed by atoms with van der Waals surface area (Å²) >= 11 is 2.10. The number of Topliss-reactive ketones (excluding diaryl/α,β-unsaturated/α-hetero) is 1. The summed E-state index contributed by atoms with van der Waals surface area (Å²) in [7, 11) is 1.61. The highest BCUT2D eigenvalue weighted by Crippen LogP contribution is 2.46. The first kappa shape index (κ1) is 14.1. The summed E-state index contributed by atoms with van der Waals surface area (Å²) in [6, 6.07) is 9.64. The van der Waals surface area contributed by atoms with Crippen LogP contribution in [0.4, 0.5) is 0 Å². The molecule has 2 aromatic rings. The van der Waals surface area contributed by atoms with E-state index in [-0.39, 0.29) is 5.92 Å². The number of fused-ring (bicyclic) bond motifs is 3. The lowest BCUT2D eigenvalue weighted by Crippen LogP contribution is -2.24. The fourth-order valence-electron chi connectivity index (χ4n) is 3.68. The molecular formula is C18H19NO2S. The zero-order valence-corrected chi connectivity index (χ0v) is 13.4. The summed E-state index contributed by atoms with van der Waals surface area (Å²) in [5.41, 5.74) is 1.70. The van der Waals surface area contributed by atoms with Gasteiger partial charge in [0.2, 0.25) is 5.88 Å². The third kappa shape index (κ3) is 2.50. The van der Waals surface area contributed by atoms with E-state index in [4.69, 9.17) is 4.74 Å². The number of ether oxygens (including phenoxy) is 1. The van der Waals surface area contributed by atoms with Gasteiger partial charge < -0.3 is 4.74 Å². The molecule has 0 N–H and O–H groups in total. The van der Waals surface area contributed by atoms with E-state index in [2.05, 4.69) is 16.7 Å². The van der Waals surface area contributed by atoms with Crippen LogP contribution in [-0.2, 0) is 0 Å². The second kappa shape index (κ2) is 5.58. The van der Waals surface area contributed by atoms with Crippen molar-refractivity contribution in [2.45, 2.75) is 36.2 Å². The molecule has 2 aliphatic rings. The maximum absolute atomic E-state index is 12.8. The average molecular weight is 313 g/mol. The van der Waals surface area contributed by atoms with E-state index in [1.807, 2.05) is 30.3 Å². The Bertz CT molecular complexity index is 718. The van der Waals surface area contributed by atoms with Crippen molar-refractivity contribution in [3.8, 4) is 5.88 Å². The number of carbonyl (C=O) groups is 1. The Labute approximate surface area is 134 Å². The zero-order chi connectivity index (χ0) is 15.1. The number of hydrogen-bond acceptors (Lipinski definition) is 4. The van der Waals surface area contributed by atoms with Crippen molar-refractivity contribution in [2.24, 2.45) is 5.92 Å². The van der Waals surface area contributed by atoms with Gasteiger partial charge in [0.05, 0.1) is 12.6 Å². The number of hydrogen-bond donors (Lipinski definition) is 0. The van der Waals surface area contributed by atoms with Gasteiger partial charge in [-0.3, -0.25) is 4.79 Å². The van der Waals surface area contributed by atoms with Crippen molar-refractivity contribution in [1.82, 2.24) is 4.98 Å². The zero-order valence-electron chi connectivity index (χ0n) is 12.6. The average Bonchev–Trinajstić information content (AvgIpc) is 2.91. The third-order valence-electron chi connectivity index (χ3n) is 4.82. The highest BCUT2D eigenvalue weighted by molar-refractivity contribution is 8.00. The maximum Gasteiger partial charge on any atom is 0.213 e. The van der Waals surface area contributed by atoms with Gasteiger partial charge in [0.25, 0.3) is 0 Å². The summed E-state index contributed by atoms with van der Waals surface area (Å²) in [6.45, 7) is 0. The molecule has 3 nitrogen and oxygen atoms in total. The lowest BCUT2D eigenvalue weighted by Gasteiger charge is -2.26. The number of carbonyl (C=O) groups excluding carboxylic acids is 1. The molecule has 4 rings (SSSR count). The van der Waals surface area contributed by atoms with E-state index < -0.39 is 0 Å². The van der Waals surface area contributed by atoms with Crippen LogP contribution >= 0.6 is 11.8 Å². The lowest BCUT2D eigenvalue weighted by molar-refractivity contribution is 0.0907. The number of ketones is 1. The van der Waals surface area contributed by atoms with Crippen LogP contribution in [0.5, 0.6) is 5.88 Å². The third-order valence-corrected chi connectivity index (χ3v) is 6.44. The van der Waals surface area contributed by atoms with E-state index in [1.165, 1.54) is 12.8 Å². The van der Waals surface area contributed by atoms with Crippen LogP contribution in [0.1, 0.15) is 36.0 Å². The SMILES string of the molecule is COc1ccc2cc(C(=O)C3CC4CCC(C3)S4)ccc2n1. The van der Waals surface area contributed by atoms with Crippen LogP contribution in [-0.4, -0.2) is 28.4 Å². The molecule has 2 atom stereocenters. The predicted molar refractivity (Wildman–Crippen MR) is 89.8 cm³/mol. The molecule has 2 unspecified atom stereocenters. The fraction of sp³-hybridized carbons (Fsp3) is 0.444. The van der Waals surface area contributed by atoms with Crippen molar-refractivity contribution in [2.75, 3.05) is 7.11 Å². The molecule has 0 amide bonds.